The lowest BCUT2D eigenvalue weighted by Gasteiger charge is -2.35. The average molecular weight is 448 g/mol. The summed E-state index contributed by atoms with van der Waals surface area (Å²) in [6.07, 6.45) is 23.9. The van der Waals surface area contributed by atoms with Crippen LogP contribution >= 0.6 is 0 Å². The first kappa shape index (κ1) is 28.7. The molecule has 0 aromatic carbocycles. The number of amides is 1. The van der Waals surface area contributed by atoms with Gasteiger partial charge in [0.25, 0.3) is 0 Å². The fourth-order valence-electron chi connectivity index (χ4n) is 4.72. The van der Waals surface area contributed by atoms with Crippen LogP contribution < -0.4 is 0 Å². The monoisotopic (exact) mass is 447 g/mol. The third-order valence-electron chi connectivity index (χ3n) is 6.78. The Balaban J connectivity index is 2.06. The highest BCUT2D eigenvalue weighted by Crippen LogP contribution is 2.19. The molecule has 0 bridgehead atoms. The van der Waals surface area contributed by atoms with Crippen LogP contribution in [0.3, 0.4) is 0 Å². The number of unbranched alkanes of at least 4 members (excludes halogenated alkanes) is 14. The summed E-state index contributed by atoms with van der Waals surface area (Å²) in [5.41, 5.74) is 0. The van der Waals surface area contributed by atoms with Crippen molar-refractivity contribution in [2.24, 2.45) is 10.9 Å². The first-order valence-electron chi connectivity index (χ1n) is 13.9. The predicted molar refractivity (Wildman–Crippen MR) is 140 cm³/mol. The maximum Gasteiger partial charge on any atom is 0.241 e. The van der Waals surface area contributed by atoms with Crippen molar-refractivity contribution in [3.8, 4) is 0 Å². The molecule has 1 unspecified atom stereocenters. The van der Waals surface area contributed by atoms with Crippen molar-refractivity contribution in [3.05, 3.63) is 12.7 Å². The highest BCUT2D eigenvalue weighted by atomic mass is 16.2. The van der Waals surface area contributed by atoms with E-state index >= 15 is 0 Å². The lowest BCUT2D eigenvalue weighted by atomic mass is 10.0. The Labute approximate surface area is 199 Å². The quantitative estimate of drug-likeness (QED) is 0.132. The van der Waals surface area contributed by atoms with Crippen LogP contribution in [0.2, 0.25) is 0 Å². The third kappa shape index (κ3) is 11.5. The minimum atomic E-state index is 0.241. The maximum absolute atomic E-state index is 12.8. The minimum Gasteiger partial charge on any atom is -0.273 e. The molecular formula is C28H53N3O. The van der Waals surface area contributed by atoms with Crippen molar-refractivity contribution in [1.29, 1.82) is 0 Å². The molecule has 32 heavy (non-hydrogen) atoms. The van der Waals surface area contributed by atoms with Crippen molar-refractivity contribution in [1.82, 2.24) is 10.0 Å². The molecule has 0 spiro atoms. The summed E-state index contributed by atoms with van der Waals surface area (Å²) < 4.78 is 0. The lowest BCUT2D eigenvalue weighted by molar-refractivity contribution is -0.142. The number of carbonyl (C=O) groups is 1. The van der Waals surface area contributed by atoms with Gasteiger partial charge in [0.15, 0.2) is 0 Å². The molecule has 1 heterocycles. The van der Waals surface area contributed by atoms with Crippen molar-refractivity contribution in [2.75, 3.05) is 19.6 Å². The van der Waals surface area contributed by atoms with Gasteiger partial charge in [0.1, 0.15) is 5.84 Å². The molecule has 0 fully saturated rings. The van der Waals surface area contributed by atoms with E-state index < -0.39 is 0 Å². The smallest absolute Gasteiger partial charge is 0.241 e. The second-order valence-corrected chi connectivity index (χ2v) is 9.42. The van der Waals surface area contributed by atoms with Crippen LogP contribution in [-0.4, -0.2) is 41.4 Å². The van der Waals surface area contributed by atoms with E-state index in [0.29, 0.717) is 13.0 Å². The van der Waals surface area contributed by atoms with Gasteiger partial charge in [0.2, 0.25) is 5.91 Å². The molecule has 0 aromatic heterocycles. The average Bonchev–Trinajstić information content (AvgIpc) is 3.27. The van der Waals surface area contributed by atoms with Gasteiger partial charge in [-0.1, -0.05) is 110 Å². The van der Waals surface area contributed by atoms with Crippen LogP contribution in [-0.2, 0) is 4.79 Å². The van der Waals surface area contributed by atoms with E-state index in [2.05, 4.69) is 37.4 Å². The summed E-state index contributed by atoms with van der Waals surface area (Å²) in [4.78, 5) is 17.5. The van der Waals surface area contributed by atoms with Gasteiger partial charge in [-0.3, -0.25) is 19.8 Å². The minimum absolute atomic E-state index is 0.241. The van der Waals surface area contributed by atoms with E-state index in [1.165, 1.54) is 89.9 Å². The Kier molecular flexibility index (Phi) is 17.2. The van der Waals surface area contributed by atoms with Gasteiger partial charge in [0, 0.05) is 18.9 Å². The highest BCUT2D eigenvalue weighted by Gasteiger charge is 2.29. The molecular weight excluding hydrogens is 394 g/mol. The van der Waals surface area contributed by atoms with E-state index in [-0.39, 0.29) is 11.8 Å². The predicted octanol–water partition coefficient (Wildman–Crippen LogP) is 7.94. The van der Waals surface area contributed by atoms with Crippen molar-refractivity contribution >= 4 is 11.7 Å². The normalized spacial score (nSPS) is 14.5. The van der Waals surface area contributed by atoms with Crippen molar-refractivity contribution < 1.29 is 4.79 Å². The largest absolute Gasteiger partial charge is 0.273 e. The third-order valence-corrected chi connectivity index (χ3v) is 6.78. The molecule has 0 saturated carbocycles. The van der Waals surface area contributed by atoms with Crippen molar-refractivity contribution in [2.45, 2.75) is 130 Å². The Hall–Kier alpha value is -1.32. The first-order valence-corrected chi connectivity index (χ1v) is 13.9. The molecule has 0 N–H and O–H groups in total. The van der Waals surface area contributed by atoms with E-state index in [9.17, 15) is 4.79 Å². The van der Waals surface area contributed by atoms with E-state index in [1.54, 1.807) is 0 Å². The van der Waals surface area contributed by atoms with Crippen LogP contribution in [0.15, 0.2) is 17.6 Å². The fraction of sp³-hybridized carbons (Fsp3) is 0.857. The summed E-state index contributed by atoms with van der Waals surface area (Å²) in [5.74, 6) is 1.51. The van der Waals surface area contributed by atoms with Crippen LogP contribution in [0, 0.1) is 5.92 Å². The molecule has 1 aliphatic rings. The number of amidine groups is 1. The lowest BCUT2D eigenvalue weighted by Crippen LogP contribution is -2.49. The Morgan fingerprint density at radius 3 is 1.84 bits per heavy atom. The molecule has 0 radical (unpaired) electrons. The van der Waals surface area contributed by atoms with E-state index in [0.717, 1.165) is 31.8 Å². The number of carbonyl (C=O) groups excluding carboxylic acids is 1. The number of rotatable bonds is 21. The highest BCUT2D eigenvalue weighted by molar-refractivity contribution is 5.89. The molecule has 4 heteroatoms. The van der Waals surface area contributed by atoms with Crippen LogP contribution in [0.25, 0.3) is 0 Å². The second kappa shape index (κ2) is 19.2. The number of aliphatic imine (C=N–C) groups is 1. The first-order chi connectivity index (χ1) is 15.7. The number of hydrogen-bond acceptors (Lipinski definition) is 3. The van der Waals surface area contributed by atoms with E-state index in [4.69, 9.17) is 0 Å². The van der Waals surface area contributed by atoms with Gasteiger partial charge in [-0.2, -0.15) is 0 Å². The zero-order valence-corrected chi connectivity index (χ0v) is 21.8. The van der Waals surface area contributed by atoms with Gasteiger partial charge < -0.3 is 0 Å². The topological polar surface area (TPSA) is 35.9 Å². The molecule has 4 nitrogen and oxygen atoms in total. The summed E-state index contributed by atoms with van der Waals surface area (Å²) in [5, 5.41) is 4.03. The van der Waals surface area contributed by atoms with Crippen molar-refractivity contribution in [3.63, 3.8) is 0 Å². The molecule has 1 rings (SSSR count). The summed E-state index contributed by atoms with van der Waals surface area (Å²) >= 11 is 0. The zero-order chi connectivity index (χ0) is 23.4. The SMILES string of the molecule is C=CC(CC)C1=NCCN1N(CC)C(=O)CCCCCCCCCCCCCCCCC. The Morgan fingerprint density at radius 1 is 0.906 bits per heavy atom. The van der Waals surface area contributed by atoms with Crippen LogP contribution in [0.4, 0.5) is 0 Å². The van der Waals surface area contributed by atoms with E-state index in [1.807, 2.05) is 11.1 Å². The van der Waals surface area contributed by atoms with Gasteiger partial charge in [-0.05, 0) is 19.8 Å². The number of hydrogen-bond donors (Lipinski definition) is 0. The second-order valence-electron chi connectivity index (χ2n) is 9.42. The fourth-order valence-corrected chi connectivity index (χ4v) is 4.72. The number of nitrogens with zero attached hydrogens (tertiary/aromatic N) is 3. The molecule has 186 valence electrons. The summed E-state index contributed by atoms with van der Waals surface area (Å²) in [6, 6.07) is 0. The Morgan fingerprint density at radius 2 is 1.41 bits per heavy atom. The number of hydrazine groups is 1. The summed E-state index contributed by atoms with van der Waals surface area (Å²) in [6.45, 7) is 12.8. The van der Waals surface area contributed by atoms with Crippen LogP contribution in [0.5, 0.6) is 0 Å². The summed E-state index contributed by atoms with van der Waals surface area (Å²) in [7, 11) is 0. The van der Waals surface area contributed by atoms with Gasteiger partial charge in [0.05, 0.1) is 13.1 Å². The van der Waals surface area contributed by atoms with Gasteiger partial charge in [-0.15, -0.1) is 6.58 Å². The zero-order valence-electron chi connectivity index (χ0n) is 21.8. The maximum atomic E-state index is 12.8. The van der Waals surface area contributed by atoms with Crippen LogP contribution in [0.1, 0.15) is 130 Å². The molecule has 1 aliphatic heterocycles. The van der Waals surface area contributed by atoms with Gasteiger partial charge >= 0.3 is 0 Å². The van der Waals surface area contributed by atoms with Gasteiger partial charge in [-0.25, -0.2) is 0 Å². The molecule has 0 saturated heterocycles. The Bertz CT molecular complexity index is 517. The molecule has 1 amide bonds. The standard InChI is InChI=1S/C28H53N3O/c1-5-9-10-11-12-13-14-15-16-17-18-19-20-21-22-23-27(32)30(8-4)31-25-24-29-28(31)26(6-2)7-3/h6,26H,2,5,7-25H2,1,3-4H3. The molecule has 0 aromatic rings. The molecule has 1 atom stereocenters. The molecule has 0 aliphatic carbocycles.